The molecule has 0 spiro atoms. The number of hydrogen-bond acceptors (Lipinski definition) is 4. The molecule has 94 valence electrons. The standard InChI is InChI=1S/C13H19NO3/c1-5-9-6-10(11(15)8-14-2)13(17-4)7-12(9)16-3/h6-7,14H,5,8H2,1-4H3. The maximum atomic E-state index is 11.9. The molecule has 0 radical (unpaired) electrons. The average molecular weight is 237 g/mol. The number of benzene rings is 1. The average Bonchev–Trinajstić information content (AvgIpc) is 2.37. The maximum Gasteiger partial charge on any atom is 0.180 e. The molecule has 1 aromatic carbocycles. The van der Waals surface area contributed by atoms with Gasteiger partial charge in [-0.1, -0.05) is 6.92 Å². The van der Waals surface area contributed by atoms with Crippen molar-refractivity contribution in [1.29, 1.82) is 0 Å². The molecule has 1 aromatic rings. The van der Waals surface area contributed by atoms with Gasteiger partial charge >= 0.3 is 0 Å². The van der Waals surface area contributed by atoms with Crippen LogP contribution in [0.1, 0.15) is 22.8 Å². The smallest absolute Gasteiger partial charge is 0.180 e. The van der Waals surface area contributed by atoms with E-state index in [1.807, 2.05) is 13.0 Å². The van der Waals surface area contributed by atoms with Crippen molar-refractivity contribution in [3.8, 4) is 11.5 Å². The second kappa shape index (κ2) is 6.25. The molecule has 0 aliphatic rings. The molecule has 4 nitrogen and oxygen atoms in total. The third-order valence-corrected chi connectivity index (χ3v) is 2.62. The Kier molecular flexibility index (Phi) is 4.97. The lowest BCUT2D eigenvalue weighted by molar-refractivity contribution is 0.0990. The van der Waals surface area contributed by atoms with Gasteiger partial charge in [-0.3, -0.25) is 4.79 Å². The molecular weight excluding hydrogens is 218 g/mol. The molecule has 0 amide bonds. The Morgan fingerprint density at radius 2 is 1.88 bits per heavy atom. The number of hydrogen-bond donors (Lipinski definition) is 1. The first-order chi connectivity index (χ1) is 8.17. The first kappa shape index (κ1) is 13.5. The van der Waals surface area contributed by atoms with Crippen molar-refractivity contribution in [2.45, 2.75) is 13.3 Å². The van der Waals surface area contributed by atoms with Crippen LogP contribution in [0.4, 0.5) is 0 Å². The van der Waals surface area contributed by atoms with Gasteiger partial charge in [0.25, 0.3) is 0 Å². The van der Waals surface area contributed by atoms with Crippen molar-refractivity contribution in [3.63, 3.8) is 0 Å². The molecule has 0 saturated heterocycles. The first-order valence-corrected chi connectivity index (χ1v) is 5.60. The normalized spacial score (nSPS) is 10.1. The predicted octanol–water partition coefficient (Wildman–Crippen LogP) is 1.67. The van der Waals surface area contributed by atoms with Crippen LogP contribution in [0.15, 0.2) is 12.1 Å². The van der Waals surface area contributed by atoms with Crippen LogP contribution in [0.25, 0.3) is 0 Å². The van der Waals surface area contributed by atoms with Crippen LogP contribution in [-0.4, -0.2) is 33.6 Å². The second-order valence-electron chi connectivity index (χ2n) is 3.67. The highest BCUT2D eigenvalue weighted by Gasteiger charge is 2.15. The van der Waals surface area contributed by atoms with E-state index < -0.39 is 0 Å². The zero-order valence-corrected chi connectivity index (χ0v) is 10.8. The fourth-order valence-corrected chi connectivity index (χ4v) is 1.71. The van der Waals surface area contributed by atoms with E-state index in [0.717, 1.165) is 17.7 Å². The molecule has 0 aromatic heterocycles. The number of likely N-dealkylation sites (N-methyl/N-ethyl adjacent to an activating group) is 1. The van der Waals surface area contributed by atoms with Gasteiger partial charge in [0.1, 0.15) is 11.5 Å². The van der Waals surface area contributed by atoms with Crippen LogP contribution in [0, 0.1) is 0 Å². The van der Waals surface area contributed by atoms with Crippen molar-refractivity contribution in [2.24, 2.45) is 0 Å². The highest BCUT2D eigenvalue weighted by Crippen LogP contribution is 2.29. The number of methoxy groups -OCH3 is 2. The minimum Gasteiger partial charge on any atom is -0.496 e. The zero-order valence-electron chi connectivity index (χ0n) is 10.8. The van der Waals surface area contributed by atoms with E-state index in [2.05, 4.69) is 5.32 Å². The summed E-state index contributed by atoms with van der Waals surface area (Å²) in [7, 11) is 4.91. The quantitative estimate of drug-likeness (QED) is 0.764. The Hall–Kier alpha value is -1.55. The lowest BCUT2D eigenvalue weighted by Crippen LogP contribution is -2.19. The molecule has 0 fully saturated rings. The summed E-state index contributed by atoms with van der Waals surface area (Å²) in [6.07, 6.45) is 0.813. The van der Waals surface area contributed by atoms with Gasteiger partial charge in [0.2, 0.25) is 0 Å². The van der Waals surface area contributed by atoms with Gasteiger partial charge in [0.05, 0.1) is 26.3 Å². The van der Waals surface area contributed by atoms with Gasteiger partial charge in [0, 0.05) is 6.07 Å². The van der Waals surface area contributed by atoms with Crippen LogP contribution in [0.5, 0.6) is 11.5 Å². The van der Waals surface area contributed by atoms with Gasteiger partial charge in [-0.05, 0) is 25.1 Å². The van der Waals surface area contributed by atoms with Crippen LogP contribution in [0.2, 0.25) is 0 Å². The van der Waals surface area contributed by atoms with E-state index in [1.165, 1.54) is 0 Å². The molecule has 1 rings (SSSR count). The second-order valence-corrected chi connectivity index (χ2v) is 3.67. The lowest BCUT2D eigenvalue weighted by atomic mass is 10.0. The SMILES string of the molecule is CCc1cc(C(=O)CNC)c(OC)cc1OC. The summed E-state index contributed by atoms with van der Waals surface area (Å²) in [6.45, 7) is 2.32. The summed E-state index contributed by atoms with van der Waals surface area (Å²) < 4.78 is 10.5. The summed E-state index contributed by atoms with van der Waals surface area (Å²) in [6, 6.07) is 3.61. The molecule has 0 aliphatic heterocycles. The summed E-state index contributed by atoms with van der Waals surface area (Å²) in [4.78, 5) is 11.9. The molecule has 0 saturated carbocycles. The van der Waals surface area contributed by atoms with E-state index in [0.29, 0.717) is 17.9 Å². The topological polar surface area (TPSA) is 47.6 Å². The number of Topliss-reactive ketones (excluding diaryl/α,β-unsaturated/α-hetero) is 1. The van der Waals surface area contributed by atoms with E-state index >= 15 is 0 Å². The highest BCUT2D eigenvalue weighted by atomic mass is 16.5. The summed E-state index contributed by atoms with van der Waals surface area (Å²) in [5, 5.41) is 2.85. The van der Waals surface area contributed by atoms with Crippen LogP contribution < -0.4 is 14.8 Å². The Balaban J connectivity index is 3.23. The molecule has 0 heterocycles. The lowest BCUT2D eigenvalue weighted by Gasteiger charge is -2.13. The Morgan fingerprint density at radius 3 is 2.35 bits per heavy atom. The van der Waals surface area contributed by atoms with Gasteiger partial charge in [-0.25, -0.2) is 0 Å². The maximum absolute atomic E-state index is 11.9. The fraction of sp³-hybridized carbons (Fsp3) is 0.462. The third kappa shape index (κ3) is 2.97. The Labute approximate surface area is 102 Å². The van der Waals surface area contributed by atoms with Gasteiger partial charge in [-0.2, -0.15) is 0 Å². The van der Waals surface area contributed by atoms with Crippen LogP contribution >= 0.6 is 0 Å². The first-order valence-electron chi connectivity index (χ1n) is 5.60. The van der Waals surface area contributed by atoms with Crippen molar-refractivity contribution in [2.75, 3.05) is 27.8 Å². The zero-order chi connectivity index (χ0) is 12.8. The summed E-state index contributed by atoms with van der Waals surface area (Å²) in [5.41, 5.74) is 1.60. The minimum absolute atomic E-state index is 0.0155. The van der Waals surface area contributed by atoms with Crippen LogP contribution in [-0.2, 0) is 6.42 Å². The number of carbonyl (C=O) groups excluding carboxylic acids is 1. The van der Waals surface area contributed by atoms with Gasteiger partial charge in [-0.15, -0.1) is 0 Å². The molecule has 0 aliphatic carbocycles. The molecule has 1 N–H and O–H groups in total. The van der Waals surface area contributed by atoms with E-state index in [4.69, 9.17) is 9.47 Å². The number of aryl methyl sites for hydroxylation is 1. The molecule has 17 heavy (non-hydrogen) atoms. The number of rotatable bonds is 6. The molecular formula is C13H19NO3. The van der Waals surface area contributed by atoms with E-state index in [9.17, 15) is 4.79 Å². The number of nitrogens with one attached hydrogen (secondary N) is 1. The fourth-order valence-electron chi connectivity index (χ4n) is 1.71. The predicted molar refractivity (Wildman–Crippen MR) is 67.2 cm³/mol. The Morgan fingerprint density at radius 1 is 1.24 bits per heavy atom. The Bertz CT molecular complexity index is 402. The van der Waals surface area contributed by atoms with Crippen molar-refractivity contribution in [3.05, 3.63) is 23.3 Å². The molecule has 0 bridgehead atoms. The van der Waals surface area contributed by atoms with Crippen molar-refractivity contribution >= 4 is 5.78 Å². The summed E-state index contributed by atoms with van der Waals surface area (Å²) >= 11 is 0. The minimum atomic E-state index is 0.0155. The van der Waals surface area contributed by atoms with E-state index in [-0.39, 0.29) is 5.78 Å². The van der Waals surface area contributed by atoms with Crippen LogP contribution in [0.3, 0.4) is 0 Å². The molecule has 0 unspecified atom stereocenters. The summed E-state index contributed by atoms with van der Waals surface area (Å²) in [5.74, 6) is 1.33. The highest BCUT2D eigenvalue weighted by molar-refractivity contribution is 6.00. The van der Waals surface area contributed by atoms with Crippen molar-refractivity contribution < 1.29 is 14.3 Å². The third-order valence-electron chi connectivity index (χ3n) is 2.62. The number of ether oxygens (including phenoxy) is 2. The largest absolute Gasteiger partial charge is 0.496 e. The molecule has 0 atom stereocenters. The van der Waals surface area contributed by atoms with Gasteiger partial charge < -0.3 is 14.8 Å². The van der Waals surface area contributed by atoms with Gasteiger partial charge in [0.15, 0.2) is 5.78 Å². The molecule has 4 heteroatoms. The number of carbonyl (C=O) groups is 1. The van der Waals surface area contributed by atoms with E-state index in [1.54, 1.807) is 27.3 Å². The monoisotopic (exact) mass is 237 g/mol. The number of ketones is 1. The van der Waals surface area contributed by atoms with Crippen molar-refractivity contribution in [1.82, 2.24) is 5.32 Å².